The second-order valence-corrected chi connectivity index (χ2v) is 9.26. The van der Waals surface area contributed by atoms with Crippen LogP contribution in [0.2, 0.25) is 0 Å². The molecule has 0 bridgehead atoms. The Labute approximate surface area is 160 Å². The molecule has 1 atom stereocenters. The molecule has 14 heteroatoms. The van der Waals surface area contributed by atoms with Crippen LogP contribution >= 0.6 is 0 Å². The van der Waals surface area contributed by atoms with Crippen molar-refractivity contribution in [3.63, 3.8) is 0 Å². The molecule has 0 spiro atoms. The lowest BCUT2D eigenvalue weighted by Crippen LogP contribution is -2.44. The number of halogens is 6. The topological polar surface area (TPSA) is 82.4 Å². The van der Waals surface area contributed by atoms with Crippen LogP contribution in [0.5, 0.6) is 0 Å². The zero-order chi connectivity index (χ0) is 22.3. The van der Waals surface area contributed by atoms with Gasteiger partial charge in [0.05, 0.1) is 19.3 Å². The van der Waals surface area contributed by atoms with E-state index in [1.54, 1.807) is 0 Å². The molecule has 0 amide bonds. The number of alkyl halides is 6. The third kappa shape index (κ3) is 8.09. The van der Waals surface area contributed by atoms with Gasteiger partial charge < -0.3 is 4.13 Å². The number of rotatable bonds is 7. The Morgan fingerprint density at radius 1 is 0.893 bits per heavy atom. The van der Waals surface area contributed by atoms with Crippen LogP contribution in [0.4, 0.5) is 26.3 Å². The van der Waals surface area contributed by atoms with E-state index in [1.807, 2.05) is 0 Å². The van der Waals surface area contributed by atoms with Crippen LogP contribution in [0.15, 0.2) is 24.4 Å². The first kappa shape index (κ1) is 26.9. The molecule has 0 aromatic rings. The fraction of sp³-hybridized carbons (Fsp3) is 0.714. The summed E-state index contributed by atoms with van der Waals surface area (Å²) in [6.07, 6.45) is 13.1. The molecule has 1 unspecified atom stereocenters. The minimum atomic E-state index is -6.72. The van der Waals surface area contributed by atoms with Crippen LogP contribution < -0.4 is 0 Å². The Morgan fingerprint density at radius 2 is 1.39 bits per heavy atom. The average molecular weight is 460 g/mol. The van der Waals surface area contributed by atoms with E-state index in [-0.39, 0.29) is 0 Å². The first-order chi connectivity index (χ1) is 12.5. The van der Waals surface area contributed by atoms with E-state index >= 15 is 0 Å². The van der Waals surface area contributed by atoms with Crippen molar-refractivity contribution in [2.45, 2.75) is 44.1 Å². The molecule has 6 nitrogen and oxygen atoms in total. The predicted molar refractivity (Wildman–Crippen MR) is 91.6 cm³/mol. The second-order valence-electron chi connectivity index (χ2n) is 5.83. The molecule has 0 aromatic carbocycles. The summed E-state index contributed by atoms with van der Waals surface area (Å²) in [6.45, 7) is 8.28. The molecule has 0 saturated carbocycles. The molecule has 1 rings (SSSR count). The van der Waals surface area contributed by atoms with Crippen molar-refractivity contribution < 1.29 is 47.7 Å². The Balaban J connectivity index is 0.000000525. The normalized spacial score (nSPS) is 20.6. The van der Waals surface area contributed by atoms with Crippen molar-refractivity contribution in [3.05, 3.63) is 28.6 Å². The maximum atomic E-state index is 11.4. The smallest absolute Gasteiger partial charge is 0.421 e. The van der Waals surface area contributed by atoms with Crippen molar-refractivity contribution in [2.24, 2.45) is 0 Å². The number of allylic oxidation sites excluding steroid dienone is 2. The van der Waals surface area contributed by atoms with Crippen molar-refractivity contribution in [1.29, 1.82) is 0 Å². The molecule has 0 fully saturated rings. The van der Waals surface area contributed by atoms with E-state index in [0.717, 1.165) is 8.61 Å². The van der Waals surface area contributed by atoms with Gasteiger partial charge in [-0.05, 0) is 31.9 Å². The highest BCUT2D eigenvalue weighted by atomic mass is 32.3. The van der Waals surface area contributed by atoms with Crippen LogP contribution in [0, 0.1) is 0 Å². The van der Waals surface area contributed by atoms with Crippen molar-refractivity contribution in [1.82, 2.24) is 0 Å². The molecular weight excluding hydrogens is 438 g/mol. The molecule has 0 radical (unpaired) electrons. The third-order valence-electron chi connectivity index (χ3n) is 3.74. The van der Waals surface area contributed by atoms with Crippen LogP contribution in [-0.4, -0.2) is 52.0 Å². The summed E-state index contributed by atoms with van der Waals surface area (Å²) in [7, 11) is -13.4. The lowest BCUT2D eigenvalue weighted by Gasteiger charge is -2.34. The summed E-state index contributed by atoms with van der Waals surface area (Å²) < 4.78 is 110. The fourth-order valence-electron chi connectivity index (χ4n) is 2.09. The van der Waals surface area contributed by atoms with E-state index in [9.17, 15) is 43.2 Å². The zero-order valence-corrected chi connectivity index (χ0v) is 16.8. The molecule has 1 aliphatic rings. The highest BCUT2D eigenvalue weighted by molar-refractivity contribution is 8.13. The lowest BCUT2D eigenvalue weighted by molar-refractivity contribution is -0.872. The molecule has 0 aromatic heterocycles. The van der Waals surface area contributed by atoms with E-state index < -0.39 is 31.1 Å². The average Bonchev–Trinajstić information content (AvgIpc) is 2.53. The SMILES string of the molecule is CCCCC[N+]1(CC)C=CC=CC1.O=S(=O)([N-]S(=O)(=O)C(F)(F)F)C(F)(F)F. The molecule has 28 heavy (non-hydrogen) atoms. The van der Waals surface area contributed by atoms with E-state index in [1.165, 1.54) is 38.9 Å². The summed E-state index contributed by atoms with van der Waals surface area (Å²) >= 11 is 0. The van der Waals surface area contributed by atoms with Crippen LogP contribution in [-0.2, 0) is 20.0 Å². The van der Waals surface area contributed by atoms with Gasteiger partial charge in [0.15, 0.2) is 20.0 Å². The fourth-order valence-corrected chi connectivity index (χ4v) is 3.80. The van der Waals surface area contributed by atoms with Gasteiger partial charge in [-0.3, -0.25) is 4.48 Å². The molecular formula is C14H22F6N2O4S2. The number of unbranched alkanes of at least 4 members (excludes halogenated alkanes) is 2. The quantitative estimate of drug-likeness (QED) is 0.325. The van der Waals surface area contributed by atoms with E-state index in [4.69, 9.17) is 0 Å². The van der Waals surface area contributed by atoms with Gasteiger partial charge in [0, 0.05) is 0 Å². The maximum absolute atomic E-state index is 11.4. The van der Waals surface area contributed by atoms with Gasteiger partial charge in [0.2, 0.25) is 0 Å². The standard InChI is InChI=1S/C12H22N.C2F6NO4S2/c1-3-5-7-10-13(4-2)11-8-6-9-12-13;3-1(4,5)14(10,11)9-15(12,13)2(6,7)8/h6,8-9,11H,3-5,7,10,12H2,1-2H3;/q+1;-1. The number of nitrogens with zero attached hydrogens (tertiary/aromatic N) is 2. The van der Waals surface area contributed by atoms with E-state index in [0.29, 0.717) is 0 Å². The Bertz CT molecular complexity index is 716. The first-order valence-electron chi connectivity index (χ1n) is 8.10. The van der Waals surface area contributed by atoms with Crippen molar-refractivity contribution in [2.75, 3.05) is 19.6 Å². The summed E-state index contributed by atoms with van der Waals surface area (Å²) in [5.41, 5.74) is -12.4. The van der Waals surface area contributed by atoms with Gasteiger partial charge in [-0.1, -0.05) is 19.4 Å². The van der Waals surface area contributed by atoms with Crippen molar-refractivity contribution in [3.8, 4) is 0 Å². The van der Waals surface area contributed by atoms with Gasteiger partial charge in [-0.25, -0.2) is 16.8 Å². The lowest BCUT2D eigenvalue weighted by atomic mass is 10.2. The van der Waals surface area contributed by atoms with Crippen LogP contribution in [0.3, 0.4) is 0 Å². The summed E-state index contributed by atoms with van der Waals surface area (Å²) in [4.78, 5) is 0. The summed E-state index contributed by atoms with van der Waals surface area (Å²) in [5.74, 6) is 0. The van der Waals surface area contributed by atoms with Crippen molar-refractivity contribution >= 4 is 20.0 Å². The highest BCUT2D eigenvalue weighted by Gasteiger charge is 2.46. The first-order valence-corrected chi connectivity index (χ1v) is 11.0. The molecule has 0 N–H and O–H groups in total. The largest absolute Gasteiger partial charge is 0.480 e. The zero-order valence-electron chi connectivity index (χ0n) is 15.2. The molecule has 1 heterocycles. The minimum absolute atomic E-state index is 0.778. The predicted octanol–water partition coefficient (Wildman–Crippen LogP) is 4.16. The molecule has 0 aliphatic carbocycles. The Morgan fingerprint density at radius 3 is 1.71 bits per heavy atom. The Hall–Kier alpha value is -1.12. The minimum Gasteiger partial charge on any atom is -0.421 e. The van der Waals surface area contributed by atoms with Gasteiger partial charge in [-0.2, -0.15) is 26.3 Å². The highest BCUT2D eigenvalue weighted by Crippen LogP contribution is 2.36. The van der Waals surface area contributed by atoms with E-state index in [2.05, 4.69) is 38.3 Å². The monoisotopic (exact) mass is 460 g/mol. The molecule has 166 valence electrons. The van der Waals surface area contributed by atoms with Crippen LogP contribution in [0.1, 0.15) is 33.1 Å². The van der Waals surface area contributed by atoms with Crippen LogP contribution in [0.25, 0.3) is 4.13 Å². The maximum Gasteiger partial charge on any atom is 0.480 e. The second kappa shape index (κ2) is 10.1. The van der Waals surface area contributed by atoms with Gasteiger partial charge >= 0.3 is 11.0 Å². The molecule has 0 saturated heterocycles. The summed E-state index contributed by atoms with van der Waals surface area (Å²) in [6, 6.07) is 0. The molecule has 1 aliphatic heterocycles. The number of sulfonamides is 2. The number of hydrogen-bond acceptors (Lipinski definition) is 4. The number of likely N-dealkylation sites (N-methyl/N-ethyl adjacent to an activating group) is 1. The summed E-state index contributed by atoms with van der Waals surface area (Å²) in [5, 5.41) is 0. The number of hydrogen-bond donors (Lipinski definition) is 0. The number of quaternary nitrogens is 1. The van der Waals surface area contributed by atoms with Gasteiger partial charge in [-0.15, -0.1) is 0 Å². The Kier molecular flexibility index (Phi) is 9.67. The van der Waals surface area contributed by atoms with Gasteiger partial charge in [0.1, 0.15) is 6.54 Å². The third-order valence-corrected chi connectivity index (χ3v) is 6.48. The van der Waals surface area contributed by atoms with Gasteiger partial charge in [0.25, 0.3) is 0 Å².